The topological polar surface area (TPSA) is 36.0 Å². The summed E-state index contributed by atoms with van der Waals surface area (Å²) in [6.07, 6.45) is 0.941. The van der Waals surface area contributed by atoms with Crippen LogP contribution in [0, 0.1) is 0 Å². The summed E-state index contributed by atoms with van der Waals surface area (Å²) in [5.41, 5.74) is 3.49. The van der Waals surface area contributed by atoms with Gasteiger partial charge in [-0.2, -0.15) is 0 Å². The van der Waals surface area contributed by atoms with Gasteiger partial charge < -0.3 is 14.5 Å². The summed E-state index contributed by atoms with van der Waals surface area (Å²) >= 11 is 0. The molecule has 2 aliphatic rings. The van der Waals surface area contributed by atoms with Gasteiger partial charge in [-0.05, 0) is 44.0 Å². The van der Waals surface area contributed by atoms with Crippen molar-refractivity contribution in [2.45, 2.75) is 32.4 Å². The molecular weight excluding hydrogens is 350 g/mol. The molecule has 0 aromatic heterocycles. The smallest absolute Gasteiger partial charge is 0.244 e. The Morgan fingerprint density at radius 2 is 1.64 bits per heavy atom. The molecule has 0 radical (unpaired) electrons. The molecule has 0 N–H and O–H groups in total. The van der Waals surface area contributed by atoms with E-state index in [1.807, 2.05) is 29.2 Å². The van der Waals surface area contributed by atoms with Gasteiger partial charge in [0.1, 0.15) is 5.75 Å². The molecule has 2 unspecified atom stereocenters. The number of piperazine rings is 1. The van der Waals surface area contributed by atoms with Crippen LogP contribution in [0.1, 0.15) is 19.4 Å². The van der Waals surface area contributed by atoms with Crippen LogP contribution in [0.4, 0.5) is 11.4 Å². The van der Waals surface area contributed by atoms with Crippen LogP contribution in [0.3, 0.4) is 0 Å². The molecule has 1 amide bonds. The number of ether oxygens (including phenoxy) is 1. The molecule has 0 aliphatic carbocycles. The molecule has 2 heterocycles. The SMILES string of the molecule is COc1ccccc1N1CCN(C(C)C(=O)N2c3ccccc3CC2C)CC1. The van der Waals surface area contributed by atoms with Gasteiger partial charge in [-0.1, -0.05) is 30.3 Å². The second kappa shape index (κ2) is 7.84. The van der Waals surface area contributed by atoms with Gasteiger partial charge in [-0.25, -0.2) is 0 Å². The van der Waals surface area contributed by atoms with E-state index in [0.717, 1.165) is 49.7 Å². The van der Waals surface area contributed by atoms with E-state index in [0.29, 0.717) is 0 Å². The summed E-state index contributed by atoms with van der Waals surface area (Å²) in [5.74, 6) is 1.12. The molecule has 1 saturated heterocycles. The van der Waals surface area contributed by atoms with E-state index in [9.17, 15) is 4.79 Å². The van der Waals surface area contributed by atoms with Crippen molar-refractivity contribution < 1.29 is 9.53 Å². The highest BCUT2D eigenvalue weighted by Gasteiger charge is 2.36. The zero-order chi connectivity index (χ0) is 19.7. The lowest BCUT2D eigenvalue weighted by Gasteiger charge is -2.40. The molecule has 2 aromatic carbocycles. The van der Waals surface area contributed by atoms with E-state index in [1.54, 1.807) is 7.11 Å². The summed E-state index contributed by atoms with van der Waals surface area (Å²) in [6, 6.07) is 16.5. The zero-order valence-electron chi connectivity index (χ0n) is 17.0. The Kier molecular flexibility index (Phi) is 5.27. The highest BCUT2D eigenvalue weighted by Crippen LogP contribution is 2.33. The first-order chi connectivity index (χ1) is 13.6. The summed E-state index contributed by atoms with van der Waals surface area (Å²) in [6.45, 7) is 7.72. The van der Waals surface area contributed by atoms with E-state index < -0.39 is 0 Å². The van der Waals surface area contributed by atoms with E-state index in [4.69, 9.17) is 4.74 Å². The lowest BCUT2D eigenvalue weighted by Crippen LogP contribution is -2.55. The minimum atomic E-state index is -0.117. The van der Waals surface area contributed by atoms with Gasteiger partial charge in [0.05, 0.1) is 18.8 Å². The van der Waals surface area contributed by atoms with Crippen LogP contribution in [-0.2, 0) is 11.2 Å². The van der Waals surface area contributed by atoms with Gasteiger partial charge in [0.25, 0.3) is 0 Å². The van der Waals surface area contributed by atoms with Crippen LogP contribution >= 0.6 is 0 Å². The number of hydrogen-bond acceptors (Lipinski definition) is 4. The van der Waals surface area contributed by atoms with Crippen LogP contribution < -0.4 is 14.5 Å². The van der Waals surface area contributed by atoms with E-state index in [1.165, 1.54) is 5.56 Å². The third-order valence-corrected chi connectivity index (χ3v) is 6.09. The van der Waals surface area contributed by atoms with Crippen molar-refractivity contribution >= 4 is 17.3 Å². The number of anilines is 2. The molecule has 5 nitrogen and oxygen atoms in total. The van der Waals surface area contributed by atoms with Crippen molar-refractivity contribution in [1.82, 2.24) is 4.90 Å². The quantitative estimate of drug-likeness (QED) is 0.818. The third-order valence-electron chi connectivity index (χ3n) is 6.09. The molecule has 28 heavy (non-hydrogen) atoms. The van der Waals surface area contributed by atoms with Crippen molar-refractivity contribution in [1.29, 1.82) is 0 Å². The largest absolute Gasteiger partial charge is 0.495 e. The van der Waals surface area contributed by atoms with Crippen LogP contribution in [0.25, 0.3) is 0 Å². The number of rotatable bonds is 4. The number of carbonyl (C=O) groups excluding carboxylic acids is 1. The standard InChI is InChI=1S/C23H29N3O2/c1-17-16-19-8-4-5-9-20(19)26(17)23(27)18(2)24-12-14-25(15-13-24)21-10-6-7-11-22(21)28-3/h4-11,17-18H,12-16H2,1-3H3. The summed E-state index contributed by atoms with van der Waals surface area (Å²) in [7, 11) is 1.71. The minimum Gasteiger partial charge on any atom is -0.495 e. The maximum atomic E-state index is 13.3. The first kappa shape index (κ1) is 18.8. The molecule has 2 aromatic rings. The Morgan fingerprint density at radius 3 is 2.36 bits per heavy atom. The Morgan fingerprint density at radius 1 is 1.00 bits per heavy atom. The molecular formula is C23H29N3O2. The average molecular weight is 380 g/mol. The summed E-state index contributed by atoms with van der Waals surface area (Å²) < 4.78 is 5.51. The molecule has 4 rings (SSSR count). The first-order valence-electron chi connectivity index (χ1n) is 10.1. The predicted octanol–water partition coefficient (Wildman–Crippen LogP) is 3.18. The van der Waals surface area contributed by atoms with Crippen LogP contribution in [0.2, 0.25) is 0 Å². The van der Waals surface area contributed by atoms with Crippen molar-refractivity contribution in [3.05, 3.63) is 54.1 Å². The van der Waals surface area contributed by atoms with Gasteiger partial charge in [0.2, 0.25) is 5.91 Å². The van der Waals surface area contributed by atoms with Gasteiger partial charge >= 0.3 is 0 Å². The van der Waals surface area contributed by atoms with Crippen LogP contribution in [0.15, 0.2) is 48.5 Å². The van der Waals surface area contributed by atoms with Crippen molar-refractivity contribution in [3.63, 3.8) is 0 Å². The zero-order valence-corrected chi connectivity index (χ0v) is 17.0. The maximum Gasteiger partial charge on any atom is 0.244 e. The molecule has 0 spiro atoms. The van der Waals surface area contributed by atoms with Crippen LogP contribution in [0.5, 0.6) is 5.75 Å². The van der Waals surface area contributed by atoms with Crippen molar-refractivity contribution in [3.8, 4) is 5.75 Å². The number of benzene rings is 2. The summed E-state index contributed by atoms with van der Waals surface area (Å²) in [4.78, 5) is 20.0. The lowest BCUT2D eigenvalue weighted by molar-refractivity contribution is -0.123. The van der Waals surface area contributed by atoms with E-state index in [-0.39, 0.29) is 18.0 Å². The number of methoxy groups -OCH3 is 1. The fraction of sp³-hybridized carbons (Fsp3) is 0.435. The fourth-order valence-corrected chi connectivity index (χ4v) is 4.50. The average Bonchev–Trinajstić information content (AvgIpc) is 3.08. The van der Waals surface area contributed by atoms with Gasteiger partial charge in [0, 0.05) is 37.9 Å². The monoisotopic (exact) mass is 379 g/mol. The normalized spacial score (nSPS) is 20.8. The lowest BCUT2D eigenvalue weighted by atomic mass is 10.1. The van der Waals surface area contributed by atoms with Crippen LogP contribution in [-0.4, -0.2) is 56.2 Å². The van der Waals surface area contributed by atoms with Crippen molar-refractivity contribution in [2.24, 2.45) is 0 Å². The van der Waals surface area contributed by atoms with E-state index in [2.05, 4.69) is 47.9 Å². The number of hydrogen-bond donors (Lipinski definition) is 0. The molecule has 0 bridgehead atoms. The van der Waals surface area contributed by atoms with Gasteiger partial charge in [-0.15, -0.1) is 0 Å². The molecule has 2 aliphatic heterocycles. The predicted molar refractivity (Wildman–Crippen MR) is 113 cm³/mol. The maximum absolute atomic E-state index is 13.3. The highest BCUT2D eigenvalue weighted by molar-refractivity contribution is 5.99. The first-order valence-corrected chi connectivity index (χ1v) is 10.1. The number of nitrogens with zero attached hydrogens (tertiary/aromatic N) is 3. The Labute approximate surface area is 167 Å². The molecule has 5 heteroatoms. The Bertz CT molecular complexity index is 845. The Hall–Kier alpha value is -2.53. The summed E-state index contributed by atoms with van der Waals surface area (Å²) in [5, 5.41) is 0. The molecule has 2 atom stereocenters. The molecule has 148 valence electrons. The third kappa shape index (κ3) is 3.35. The second-order valence-electron chi connectivity index (χ2n) is 7.76. The number of amides is 1. The minimum absolute atomic E-state index is 0.117. The number of para-hydroxylation sites is 3. The van der Waals surface area contributed by atoms with Crippen molar-refractivity contribution in [2.75, 3.05) is 43.1 Å². The number of carbonyl (C=O) groups is 1. The number of fused-ring (bicyclic) bond motifs is 1. The fourth-order valence-electron chi connectivity index (χ4n) is 4.50. The van der Waals surface area contributed by atoms with Gasteiger partial charge in [0.15, 0.2) is 0 Å². The molecule has 0 saturated carbocycles. The second-order valence-corrected chi connectivity index (χ2v) is 7.76. The van der Waals surface area contributed by atoms with Gasteiger partial charge in [-0.3, -0.25) is 9.69 Å². The Balaban J connectivity index is 1.43. The highest BCUT2D eigenvalue weighted by atomic mass is 16.5. The molecule has 1 fully saturated rings. The van der Waals surface area contributed by atoms with E-state index >= 15 is 0 Å².